The predicted molar refractivity (Wildman–Crippen MR) is 87.4 cm³/mol. The number of nitrogens with zero attached hydrogens (tertiary/aromatic N) is 6. The molecule has 0 atom stereocenters. The van der Waals surface area contributed by atoms with E-state index in [0.29, 0.717) is 6.54 Å². The second kappa shape index (κ2) is 5.64. The van der Waals surface area contributed by atoms with Gasteiger partial charge < -0.3 is 0 Å². The Hall–Kier alpha value is -3.02. The van der Waals surface area contributed by atoms with E-state index in [1.807, 2.05) is 39.8 Å². The van der Waals surface area contributed by atoms with Crippen LogP contribution in [0.4, 0.5) is 0 Å². The first-order chi connectivity index (χ1) is 11.4. The summed E-state index contributed by atoms with van der Waals surface area (Å²) in [6.07, 6.45) is 7.97. The molecule has 4 aromatic rings. The minimum atomic E-state index is 0.686. The molecule has 3 aromatic heterocycles. The summed E-state index contributed by atoms with van der Waals surface area (Å²) in [4.78, 5) is 13.2. The number of benzene rings is 1. The highest BCUT2D eigenvalue weighted by Crippen LogP contribution is 2.20. The lowest BCUT2D eigenvalue weighted by Crippen LogP contribution is -2.05. The molecule has 3 heterocycles. The van der Waals surface area contributed by atoms with E-state index in [1.54, 1.807) is 12.5 Å². The fourth-order valence-electron chi connectivity index (χ4n) is 2.73. The third-order valence-corrected chi connectivity index (χ3v) is 3.85. The average Bonchev–Trinajstić information content (AvgIpc) is 3.23. The smallest absolute Gasteiger partial charge is 0.163 e. The summed E-state index contributed by atoms with van der Waals surface area (Å²) in [6.45, 7) is 2.77. The van der Waals surface area contributed by atoms with Crippen LogP contribution in [0, 0.1) is 0 Å². The van der Waals surface area contributed by atoms with Crippen molar-refractivity contribution in [3.05, 3.63) is 66.6 Å². The Labute approximate surface area is 133 Å². The summed E-state index contributed by atoms with van der Waals surface area (Å²) in [5.41, 5.74) is 2.02. The molecule has 4 rings (SSSR count). The molecule has 6 heteroatoms. The van der Waals surface area contributed by atoms with E-state index in [-0.39, 0.29) is 0 Å². The summed E-state index contributed by atoms with van der Waals surface area (Å²) >= 11 is 0. The Balaban J connectivity index is 1.81. The first-order valence-electron chi connectivity index (χ1n) is 7.60. The first-order valence-corrected chi connectivity index (χ1v) is 7.60. The Morgan fingerprint density at radius 3 is 2.74 bits per heavy atom. The standard InChI is InChI=1S/C17H16N6/c1-2-15-18-8-9-22(15)16-14-10-21-23(17(14)20-12-19-16)11-13-6-4-3-5-7-13/h3-10,12H,2,11H2,1H3. The highest BCUT2D eigenvalue weighted by molar-refractivity contribution is 5.82. The molecule has 0 aliphatic rings. The van der Waals surface area contributed by atoms with E-state index in [1.165, 1.54) is 5.56 Å². The van der Waals surface area contributed by atoms with E-state index < -0.39 is 0 Å². The minimum Gasteiger partial charge on any atom is -0.287 e. The second-order valence-electron chi connectivity index (χ2n) is 5.29. The number of hydrogen-bond donors (Lipinski definition) is 0. The molecular weight excluding hydrogens is 288 g/mol. The van der Waals surface area contributed by atoms with Crippen molar-refractivity contribution in [3.8, 4) is 5.82 Å². The van der Waals surface area contributed by atoms with Gasteiger partial charge in [0.15, 0.2) is 11.5 Å². The van der Waals surface area contributed by atoms with Gasteiger partial charge in [-0.05, 0) is 5.56 Å². The molecule has 0 saturated heterocycles. The molecule has 6 nitrogen and oxygen atoms in total. The molecule has 1 aromatic carbocycles. The number of aryl methyl sites for hydroxylation is 1. The third-order valence-electron chi connectivity index (χ3n) is 3.85. The summed E-state index contributed by atoms with van der Waals surface area (Å²) in [7, 11) is 0. The van der Waals surface area contributed by atoms with Crippen LogP contribution in [0.2, 0.25) is 0 Å². The van der Waals surface area contributed by atoms with E-state index in [0.717, 1.165) is 29.1 Å². The zero-order chi connectivity index (χ0) is 15.6. The largest absolute Gasteiger partial charge is 0.287 e. The first kappa shape index (κ1) is 13.6. The SMILES string of the molecule is CCc1nccn1-c1ncnc2c1cnn2Cc1ccccc1. The van der Waals surface area contributed by atoms with Crippen molar-refractivity contribution in [1.82, 2.24) is 29.3 Å². The molecular formula is C17H16N6. The van der Waals surface area contributed by atoms with Gasteiger partial charge in [-0.3, -0.25) is 4.57 Å². The molecule has 0 spiro atoms. The topological polar surface area (TPSA) is 61.4 Å². The summed E-state index contributed by atoms with van der Waals surface area (Å²) in [6, 6.07) is 10.2. The van der Waals surface area contributed by atoms with Crippen LogP contribution in [0.15, 0.2) is 55.2 Å². The quantitative estimate of drug-likeness (QED) is 0.581. The van der Waals surface area contributed by atoms with Crippen molar-refractivity contribution in [2.75, 3.05) is 0 Å². The molecule has 114 valence electrons. The second-order valence-corrected chi connectivity index (χ2v) is 5.29. The molecule has 0 radical (unpaired) electrons. The van der Waals surface area contributed by atoms with Crippen LogP contribution in [0.3, 0.4) is 0 Å². The monoisotopic (exact) mass is 304 g/mol. The van der Waals surface area contributed by atoms with Crippen LogP contribution in [0.25, 0.3) is 16.9 Å². The molecule has 0 bridgehead atoms. The maximum absolute atomic E-state index is 4.50. The van der Waals surface area contributed by atoms with Gasteiger partial charge in [-0.1, -0.05) is 37.3 Å². The van der Waals surface area contributed by atoms with Crippen molar-refractivity contribution >= 4 is 11.0 Å². The van der Waals surface area contributed by atoms with Crippen LogP contribution < -0.4 is 0 Å². The number of hydrogen-bond acceptors (Lipinski definition) is 4. The predicted octanol–water partition coefficient (Wildman–Crippen LogP) is 2.62. The van der Waals surface area contributed by atoms with Gasteiger partial charge >= 0.3 is 0 Å². The zero-order valence-corrected chi connectivity index (χ0v) is 12.8. The Kier molecular flexibility index (Phi) is 3.34. The maximum Gasteiger partial charge on any atom is 0.163 e. The van der Waals surface area contributed by atoms with E-state index in [9.17, 15) is 0 Å². The number of imidazole rings is 1. The molecule has 0 fully saturated rings. The van der Waals surface area contributed by atoms with E-state index >= 15 is 0 Å². The molecule has 23 heavy (non-hydrogen) atoms. The minimum absolute atomic E-state index is 0.686. The van der Waals surface area contributed by atoms with Gasteiger partial charge in [0.05, 0.1) is 18.1 Å². The number of fused-ring (bicyclic) bond motifs is 1. The lowest BCUT2D eigenvalue weighted by molar-refractivity contribution is 0.703. The van der Waals surface area contributed by atoms with Crippen LogP contribution in [-0.2, 0) is 13.0 Å². The summed E-state index contributed by atoms with van der Waals surface area (Å²) < 4.78 is 3.90. The van der Waals surface area contributed by atoms with Gasteiger partial charge in [0.1, 0.15) is 12.2 Å². The Bertz CT molecular complexity index is 938. The van der Waals surface area contributed by atoms with Crippen LogP contribution in [-0.4, -0.2) is 29.3 Å². The van der Waals surface area contributed by atoms with Crippen molar-refractivity contribution in [1.29, 1.82) is 0 Å². The van der Waals surface area contributed by atoms with Gasteiger partial charge in [0.2, 0.25) is 0 Å². The van der Waals surface area contributed by atoms with Crippen molar-refractivity contribution < 1.29 is 0 Å². The fourth-order valence-corrected chi connectivity index (χ4v) is 2.73. The lowest BCUT2D eigenvalue weighted by Gasteiger charge is -2.07. The molecule has 0 aliphatic heterocycles. The Morgan fingerprint density at radius 1 is 1.04 bits per heavy atom. The van der Waals surface area contributed by atoms with E-state index in [4.69, 9.17) is 0 Å². The van der Waals surface area contributed by atoms with Crippen molar-refractivity contribution in [2.45, 2.75) is 19.9 Å². The van der Waals surface area contributed by atoms with Crippen molar-refractivity contribution in [3.63, 3.8) is 0 Å². The summed E-state index contributed by atoms with van der Waals surface area (Å²) in [5, 5.41) is 5.42. The lowest BCUT2D eigenvalue weighted by atomic mass is 10.2. The van der Waals surface area contributed by atoms with Gasteiger partial charge in [-0.2, -0.15) is 5.10 Å². The molecule has 0 unspecified atom stereocenters. The fraction of sp³-hybridized carbons (Fsp3) is 0.176. The van der Waals surface area contributed by atoms with Gasteiger partial charge in [0, 0.05) is 18.8 Å². The maximum atomic E-state index is 4.50. The average molecular weight is 304 g/mol. The molecule has 0 N–H and O–H groups in total. The number of rotatable bonds is 4. The number of aromatic nitrogens is 6. The van der Waals surface area contributed by atoms with Crippen LogP contribution in [0.5, 0.6) is 0 Å². The highest BCUT2D eigenvalue weighted by Gasteiger charge is 2.13. The van der Waals surface area contributed by atoms with Gasteiger partial charge in [-0.15, -0.1) is 0 Å². The van der Waals surface area contributed by atoms with Crippen LogP contribution in [0.1, 0.15) is 18.3 Å². The molecule has 0 saturated carbocycles. The van der Waals surface area contributed by atoms with Gasteiger partial charge in [0.25, 0.3) is 0 Å². The highest BCUT2D eigenvalue weighted by atomic mass is 15.3. The van der Waals surface area contributed by atoms with Crippen molar-refractivity contribution in [2.24, 2.45) is 0 Å². The molecule has 0 amide bonds. The van der Waals surface area contributed by atoms with Crippen LogP contribution >= 0.6 is 0 Å². The normalized spacial score (nSPS) is 11.2. The Morgan fingerprint density at radius 2 is 1.91 bits per heavy atom. The molecule has 0 aliphatic carbocycles. The summed E-state index contributed by atoms with van der Waals surface area (Å²) in [5.74, 6) is 1.80. The van der Waals surface area contributed by atoms with E-state index in [2.05, 4.69) is 39.1 Å². The zero-order valence-electron chi connectivity index (χ0n) is 12.8. The van der Waals surface area contributed by atoms with Gasteiger partial charge in [-0.25, -0.2) is 19.6 Å². The third kappa shape index (κ3) is 2.38.